The lowest BCUT2D eigenvalue weighted by Gasteiger charge is -2.09. The van der Waals surface area contributed by atoms with E-state index in [1.165, 1.54) is 18.7 Å². The Morgan fingerprint density at radius 1 is 0.972 bits per heavy atom. The molecule has 5 rings (SSSR count). The maximum absolute atomic E-state index is 12.4. The average Bonchev–Trinajstić information content (AvgIpc) is 2.88. The van der Waals surface area contributed by atoms with Gasteiger partial charge in [0.25, 0.3) is 11.1 Å². The minimum atomic E-state index is -0.789. The molecular weight excluding hydrogens is 466 g/mol. The van der Waals surface area contributed by atoms with E-state index in [9.17, 15) is 24.3 Å². The molecule has 12 heteroatoms. The summed E-state index contributed by atoms with van der Waals surface area (Å²) in [6, 6.07) is 13.8. The number of aromatic hydroxyl groups is 1. The van der Waals surface area contributed by atoms with Crippen molar-refractivity contribution in [3.8, 4) is 5.88 Å². The third kappa shape index (κ3) is 3.79. The largest absolute Gasteiger partial charge is 0.494 e. The van der Waals surface area contributed by atoms with Gasteiger partial charge in [0, 0.05) is 20.3 Å². The molecule has 0 amide bonds. The summed E-state index contributed by atoms with van der Waals surface area (Å²) in [6.45, 7) is 0.0555. The topological polar surface area (TPSA) is 157 Å². The van der Waals surface area contributed by atoms with Crippen molar-refractivity contribution in [1.29, 1.82) is 0 Å². The van der Waals surface area contributed by atoms with Gasteiger partial charge in [0.2, 0.25) is 5.88 Å². The minimum absolute atomic E-state index is 0.0555. The molecule has 0 fully saturated rings. The number of hydrogen-bond acceptors (Lipinski definition) is 8. The summed E-state index contributed by atoms with van der Waals surface area (Å²) in [4.78, 5) is 64.6. The van der Waals surface area contributed by atoms with E-state index in [0.717, 1.165) is 20.9 Å². The molecule has 12 nitrogen and oxygen atoms in total. The van der Waals surface area contributed by atoms with E-state index >= 15 is 0 Å². The maximum Gasteiger partial charge on any atom is 0.332 e. The molecule has 0 radical (unpaired) electrons. The van der Waals surface area contributed by atoms with Crippen molar-refractivity contribution in [2.24, 2.45) is 19.1 Å². The van der Waals surface area contributed by atoms with Crippen LogP contribution in [0.4, 0.5) is 5.69 Å². The molecule has 0 saturated heterocycles. The van der Waals surface area contributed by atoms with Crippen LogP contribution in [0.1, 0.15) is 11.1 Å². The number of aliphatic imine (C=N–C) groups is 1. The summed E-state index contributed by atoms with van der Waals surface area (Å²) in [6.07, 6.45) is 1.15. The average molecular weight is 485 g/mol. The van der Waals surface area contributed by atoms with Crippen molar-refractivity contribution < 1.29 is 5.11 Å². The minimum Gasteiger partial charge on any atom is -0.494 e. The molecule has 0 saturated carbocycles. The van der Waals surface area contributed by atoms with Crippen LogP contribution in [0, 0.1) is 0 Å². The second-order valence-electron chi connectivity index (χ2n) is 8.10. The fourth-order valence-corrected chi connectivity index (χ4v) is 3.80. The highest BCUT2D eigenvalue weighted by molar-refractivity contribution is 5.88. The van der Waals surface area contributed by atoms with Gasteiger partial charge in [-0.25, -0.2) is 19.6 Å². The van der Waals surface area contributed by atoms with Crippen LogP contribution in [0.5, 0.6) is 5.88 Å². The highest BCUT2D eigenvalue weighted by atomic mass is 16.3. The lowest BCUT2D eigenvalue weighted by molar-refractivity contribution is 0.408. The Kier molecular flexibility index (Phi) is 5.40. The number of nitrogens with zero attached hydrogens (tertiary/aromatic N) is 6. The van der Waals surface area contributed by atoms with Crippen LogP contribution in [-0.2, 0) is 20.6 Å². The fourth-order valence-electron chi connectivity index (χ4n) is 3.80. The van der Waals surface area contributed by atoms with Crippen LogP contribution in [0.25, 0.3) is 22.2 Å². The van der Waals surface area contributed by atoms with Gasteiger partial charge in [-0.1, -0.05) is 30.3 Å². The lowest BCUT2D eigenvalue weighted by atomic mass is 10.2. The number of nitrogens with one attached hydrogen (secondary N) is 1. The molecule has 0 spiro atoms. The van der Waals surface area contributed by atoms with E-state index in [1.807, 2.05) is 6.07 Å². The predicted octanol–water partition coefficient (Wildman–Crippen LogP) is 0.535. The summed E-state index contributed by atoms with van der Waals surface area (Å²) >= 11 is 0. The molecule has 5 aromatic rings. The first-order valence-corrected chi connectivity index (χ1v) is 10.8. The number of aromatic nitrogens is 6. The number of H-pyrrole nitrogens is 1. The zero-order valence-electron chi connectivity index (χ0n) is 19.2. The van der Waals surface area contributed by atoms with Gasteiger partial charge in [0.15, 0.2) is 11.2 Å². The van der Waals surface area contributed by atoms with E-state index in [2.05, 4.69) is 19.9 Å². The van der Waals surface area contributed by atoms with Crippen molar-refractivity contribution >= 4 is 34.1 Å². The summed E-state index contributed by atoms with van der Waals surface area (Å²) in [7, 11) is 2.86. The zero-order valence-corrected chi connectivity index (χ0v) is 19.2. The molecule has 180 valence electrons. The standard InChI is InChI=1S/C24H19N7O5/c1-29-19-18(22(34)30(2)24(29)36)26-16-9-8-14(10-17(16)27-19)25-11-15-20(32)28-23(35)31(21(15)33)12-13-6-4-3-5-7-13/h3-11,33H,12H2,1-2H3,(H,28,32,35). The Labute approximate surface area is 201 Å². The molecule has 2 aromatic carbocycles. The second-order valence-corrected chi connectivity index (χ2v) is 8.10. The van der Waals surface area contributed by atoms with Crippen LogP contribution in [0.15, 0.2) is 72.7 Å². The Morgan fingerprint density at radius 3 is 2.47 bits per heavy atom. The highest BCUT2D eigenvalue weighted by Gasteiger charge is 2.14. The van der Waals surface area contributed by atoms with Crippen LogP contribution in [0.2, 0.25) is 0 Å². The van der Waals surface area contributed by atoms with Crippen LogP contribution in [-0.4, -0.2) is 40.0 Å². The number of rotatable bonds is 4. The number of fused-ring (bicyclic) bond motifs is 2. The SMILES string of the molecule is Cn1c(=O)c2nc3ccc(N=Cc4c(O)n(Cc5ccccc5)c(=O)[nH]c4=O)cc3nc2n(C)c1=O. The van der Waals surface area contributed by atoms with Gasteiger partial charge in [0.1, 0.15) is 5.56 Å². The van der Waals surface area contributed by atoms with Crippen LogP contribution < -0.4 is 22.5 Å². The molecule has 0 aliphatic rings. The molecule has 3 heterocycles. The first-order valence-electron chi connectivity index (χ1n) is 10.8. The van der Waals surface area contributed by atoms with E-state index in [4.69, 9.17) is 0 Å². The van der Waals surface area contributed by atoms with Gasteiger partial charge >= 0.3 is 11.4 Å². The molecule has 3 aromatic heterocycles. The lowest BCUT2D eigenvalue weighted by Crippen LogP contribution is -2.37. The van der Waals surface area contributed by atoms with Crippen molar-refractivity contribution in [2.75, 3.05) is 0 Å². The van der Waals surface area contributed by atoms with Crippen molar-refractivity contribution in [1.82, 2.24) is 28.7 Å². The van der Waals surface area contributed by atoms with E-state index in [0.29, 0.717) is 16.7 Å². The van der Waals surface area contributed by atoms with Gasteiger partial charge in [-0.2, -0.15) is 0 Å². The van der Waals surface area contributed by atoms with E-state index in [1.54, 1.807) is 42.5 Å². The fraction of sp³-hybridized carbons (Fsp3) is 0.125. The highest BCUT2D eigenvalue weighted by Crippen LogP contribution is 2.20. The maximum atomic E-state index is 12.4. The zero-order chi connectivity index (χ0) is 25.6. The summed E-state index contributed by atoms with van der Waals surface area (Å²) in [5.41, 5.74) is -0.729. The number of aromatic amines is 1. The molecule has 0 unspecified atom stereocenters. The predicted molar refractivity (Wildman–Crippen MR) is 133 cm³/mol. The third-order valence-electron chi connectivity index (χ3n) is 5.76. The first kappa shape index (κ1) is 22.7. The van der Waals surface area contributed by atoms with Crippen LogP contribution in [0.3, 0.4) is 0 Å². The summed E-state index contributed by atoms with van der Waals surface area (Å²) < 4.78 is 3.23. The molecule has 36 heavy (non-hydrogen) atoms. The Morgan fingerprint density at radius 2 is 1.72 bits per heavy atom. The van der Waals surface area contributed by atoms with Crippen molar-refractivity contribution in [3.05, 3.63) is 101 Å². The second kappa shape index (κ2) is 8.58. The van der Waals surface area contributed by atoms with Gasteiger partial charge in [-0.3, -0.25) is 33.3 Å². The molecule has 0 aliphatic heterocycles. The van der Waals surface area contributed by atoms with Crippen molar-refractivity contribution in [2.45, 2.75) is 6.54 Å². The molecule has 2 N–H and O–H groups in total. The number of aryl methyl sites for hydroxylation is 1. The van der Waals surface area contributed by atoms with E-state index in [-0.39, 0.29) is 23.3 Å². The molecular formula is C24H19N7O5. The van der Waals surface area contributed by atoms with E-state index < -0.39 is 28.4 Å². The number of hydrogen-bond donors (Lipinski definition) is 2. The normalized spacial score (nSPS) is 11.6. The van der Waals surface area contributed by atoms with Crippen molar-refractivity contribution in [3.63, 3.8) is 0 Å². The van der Waals surface area contributed by atoms with Gasteiger partial charge in [-0.15, -0.1) is 0 Å². The molecule has 0 aliphatic carbocycles. The third-order valence-corrected chi connectivity index (χ3v) is 5.76. The van der Waals surface area contributed by atoms with Gasteiger partial charge < -0.3 is 5.11 Å². The summed E-state index contributed by atoms with van der Waals surface area (Å²) in [5, 5.41) is 10.7. The Balaban J connectivity index is 1.57. The Hall–Kier alpha value is -5.13. The Bertz CT molecular complexity index is 1930. The monoisotopic (exact) mass is 485 g/mol. The first-order chi connectivity index (χ1) is 17.2. The quantitative estimate of drug-likeness (QED) is 0.278. The summed E-state index contributed by atoms with van der Waals surface area (Å²) in [5.74, 6) is -0.520. The van der Waals surface area contributed by atoms with Gasteiger partial charge in [-0.05, 0) is 23.8 Å². The number of benzene rings is 2. The smallest absolute Gasteiger partial charge is 0.332 e. The van der Waals surface area contributed by atoms with Crippen LogP contribution >= 0.6 is 0 Å². The van der Waals surface area contributed by atoms with Gasteiger partial charge in [0.05, 0.1) is 23.3 Å². The molecule has 0 atom stereocenters. The molecule has 0 bridgehead atoms.